The molecule has 9 nitrogen and oxygen atoms in total. The van der Waals surface area contributed by atoms with Crippen molar-refractivity contribution < 1.29 is 28.3 Å². The van der Waals surface area contributed by atoms with E-state index in [1.165, 1.54) is 19.3 Å². The van der Waals surface area contributed by atoms with Gasteiger partial charge in [0.2, 0.25) is 0 Å². The third-order valence-corrected chi connectivity index (χ3v) is 4.38. The van der Waals surface area contributed by atoms with E-state index in [0.717, 1.165) is 10.5 Å². The van der Waals surface area contributed by atoms with Gasteiger partial charge in [0.1, 0.15) is 6.04 Å². The summed E-state index contributed by atoms with van der Waals surface area (Å²) < 4.78 is 10.3. The molecule has 29 heavy (non-hydrogen) atoms. The maximum atomic E-state index is 12.7. The van der Waals surface area contributed by atoms with Crippen LogP contribution in [0.2, 0.25) is 0 Å². The molecule has 0 radical (unpaired) electrons. The molecule has 9 heteroatoms. The summed E-state index contributed by atoms with van der Waals surface area (Å²) in [5.74, 6) is -1.93. The largest absolute Gasteiger partial charge is 0.459 e. The lowest BCUT2D eigenvalue weighted by Crippen LogP contribution is -2.47. The summed E-state index contributed by atoms with van der Waals surface area (Å²) in [5.41, 5.74) is 0.798. The number of imide groups is 1. The van der Waals surface area contributed by atoms with Crippen molar-refractivity contribution in [2.24, 2.45) is 0 Å². The Balaban J connectivity index is 1.69. The Morgan fingerprint density at radius 3 is 2.59 bits per heavy atom. The number of ether oxygens (including phenoxy) is 1. The lowest BCUT2D eigenvalue weighted by Gasteiger charge is -2.22. The predicted octanol–water partition coefficient (Wildman–Crippen LogP) is 1.10. The number of carbonyl (C=O) groups excluding carboxylic acids is 4. The second-order valence-electron chi connectivity index (χ2n) is 6.49. The Morgan fingerprint density at radius 2 is 1.97 bits per heavy atom. The number of amides is 4. The van der Waals surface area contributed by atoms with E-state index >= 15 is 0 Å². The highest BCUT2D eigenvalue weighted by Crippen LogP contribution is 2.10. The van der Waals surface area contributed by atoms with E-state index in [0.29, 0.717) is 6.54 Å². The van der Waals surface area contributed by atoms with Crippen molar-refractivity contribution in [1.82, 2.24) is 15.5 Å². The zero-order valence-electron chi connectivity index (χ0n) is 15.8. The summed E-state index contributed by atoms with van der Waals surface area (Å²) in [5, 5.41) is 5.09. The molecular weight excluding hydrogens is 378 g/mol. The number of nitrogens with zero attached hydrogens (tertiary/aromatic N) is 1. The van der Waals surface area contributed by atoms with E-state index in [-0.39, 0.29) is 18.7 Å². The van der Waals surface area contributed by atoms with Crippen molar-refractivity contribution in [3.63, 3.8) is 0 Å². The minimum Gasteiger partial charge on any atom is -0.459 e. The van der Waals surface area contributed by atoms with Gasteiger partial charge in [-0.25, -0.2) is 9.59 Å². The van der Waals surface area contributed by atoms with Crippen LogP contribution in [0.1, 0.15) is 23.0 Å². The van der Waals surface area contributed by atoms with E-state index in [1.54, 1.807) is 6.07 Å². The van der Waals surface area contributed by atoms with Crippen molar-refractivity contribution >= 4 is 23.8 Å². The summed E-state index contributed by atoms with van der Waals surface area (Å²) in [6.45, 7) is 1.95. The zero-order chi connectivity index (χ0) is 20.8. The van der Waals surface area contributed by atoms with Crippen molar-refractivity contribution in [1.29, 1.82) is 0 Å². The fraction of sp³-hybridized carbons (Fsp3) is 0.300. The van der Waals surface area contributed by atoms with E-state index in [1.807, 2.05) is 30.3 Å². The van der Waals surface area contributed by atoms with Crippen LogP contribution in [0.4, 0.5) is 4.79 Å². The van der Waals surface area contributed by atoms with Crippen LogP contribution >= 0.6 is 0 Å². The first kappa shape index (κ1) is 20.1. The Bertz CT molecular complexity index is 881. The highest BCUT2D eigenvalue weighted by atomic mass is 16.5. The van der Waals surface area contributed by atoms with Gasteiger partial charge in [0.25, 0.3) is 11.8 Å². The number of esters is 1. The Labute approximate surface area is 167 Å². The van der Waals surface area contributed by atoms with Crippen molar-refractivity contribution in [3.05, 3.63) is 60.1 Å². The van der Waals surface area contributed by atoms with Crippen LogP contribution in [0, 0.1) is 0 Å². The number of nitrogens with one attached hydrogen (secondary N) is 2. The van der Waals surface area contributed by atoms with Crippen LogP contribution in [0.3, 0.4) is 0 Å². The lowest BCUT2D eigenvalue weighted by atomic mass is 10.1. The number of hydrogen-bond donors (Lipinski definition) is 2. The molecule has 0 spiro atoms. The number of carbonyl (C=O) groups is 4. The predicted molar refractivity (Wildman–Crippen MR) is 101 cm³/mol. The van der Waals surface area contributed by atoms with E-state index in [4.69, 9.17) is 9.15 Å². The summed E-state index contributed by atoms with van der Waals surface area (Å²) in [6, 6.07) is 10.5. The first-order valence-corrected chi connectivity index (χ1v) is 9.13. The minimum atomic E-state index is -1.18. The molecule has 1 saturated heterocycles. The van der Waals surface area contributed by atoms with Gasteiger partial charge in [0.05, 0.1) is 6.26 Å². The molecular formula is C20H21N3O6. The van der Waals surface area contributed by atoms with Crippen LogP contribution in [0.15, 0.2) is 53.1 Å². The molecule has 3 rings (SSSR count). The standard InChI is InChI=1S/C20H21N3O6/c1-13(18(25)23-10-9-21-20(23)27)29-19(26)15(12-14-6-3-2-4-7-14)22-17(24)16-8-5-11-28-16/h2-8,11,13,15H,9-10,12H2,1H3,(H,21,27)(H,22,24)/t13-,15+/m1/s1. The fourth-order valence-corrected chi connectivity index (χ4v) is 2.89. The highest BCUT2D eigenvalue weighted by molar-refractivity contribution is 5.99. The van der Waals surface area contributed by atoms with Crippen LogP contribution in [0.5, 0.6) is 0 Å². The molecule has 1 fully saturated rings. The Kier molecular flexibility index (Phi) is 6.28. The van der Waals surface area contributed by atoms with Crippen molar-refractivity contribution in [2.45, 2.75) is 25.5 Å². The molecule has 0 saturated carbocycles. The first-order valence-electron chi connectivity index (χ1n) is 9.13. The summed E-state index contributed by atoms with van der Waals surface area (Å²) in [4.78, 5) is 50.1. The van der Waals surface area contributed by atoms with Crippen molar-refractivity contribution in [2.75, 3.05) is 13.1 Å². The number of urea groups is 1. The molecule has 0 unspecified atom stereocenters. The topological polar surface area (TPSA) is 118 Å². The molecule has 2 atom stereocenters. The molecule has 152 valence electrons. The Morgan fingerprint density at radius 1 is 1.21 bits per heavy atom. The number of furan rings is 1. The van der Waals surface area contributed by atoms with E-state index in [9.17, 15) is 19.2 Å². The van der Waals surface area contributed by atoms with Gasteiger partial charge in [-0.05, 0) is 24.6 Å². The second kappa shape index (κ2) is 9.05. The third-order valence-electron chi connectivity index (χ3n) is 4.38. The maximum Gasteiger partial charge on any atom is 0.329 e. The molecule has 1 aliphatic heterocycles. The molecule has 2 N–H and O–H groups in total. The van der Waals surface area contributed by atoms with Gasteiger partial charge in [-0.15, -0.1) is 0 Å². The Hall–Kier alpha value is -3.62. The van der Waals surface area contributed by atoms with Crippen LogP contribution in [0.25, 0.3) is 0 Å². The van der Waals surface area contributed by atoms with Crippen LogP contribution in [-0.2, 0) is 20.7 Å². The van der Waals surface area contributed by atoms with Crippen LogP contribution < -0.4 is 10.6 Å². The quantitative estimate of drug-likeness (QED) is 0.674. The van der Waals surface area contributed by atoms with Gasteiger partial charge < -0.3 is 19.8 Å². The van der Waals surface area contributed by atoms with Gasteiger partial charge in [-0.3, -0.25) is 14.5 Å². The molecule has 1 aromatic carbocycles. The van der Waals surface area contributed by atoms with Gasteiger partial charge in [-0.2, -0.15) is 0 Å². The third kappa shape index (κ3) is 5.01. The minimum absolute atomic E-state index is 0.0497. The van der Waals surface area contributed by atoms with Crippen molar-refractivity contribution in [3.8, 4) is 0 Å². The molecule has 4 amide bonds. The van der Waals surface area contributed by atoms with Gasteiger partial charge in [0, 0.05) is 19.5 Å². The summed E-state index contributed by atoms with van der Waals surface area (Å²) in [6.07, 6.45) is 0.337. The SMILES string of the molecule is C[C@@H](OC(=O)[C@H](Cc1ccccc1)NC(=O)c1ccco1)C(=O)N1CCNC1=O. The van der Waals surface area contributed by atoms with E-state index < -0.39 is 36.0 Å². The summed E-state index contributed by atoms with van der Waals surface area (Å²) in [7, 11) is 0. The second-order valence-corrected chi connectivity index (χ2v) is 6.49. The van der Waals surface area contributed by atoms with Gasteiger partial charge in [0.15, 0.2) is 11.9 Å². The smallest absolute Gasteiger partial charge is 0.329 e. The monoisotopic (exact) mass is 399 g/mol. The average molecular weight is 399 g/mol. The van der Waals surface area contributed by atoms with Gasteiger partial charge >= 0.3 is 12.0 Å². The van der Waals surface area contributed by atoms with E-state index in [2.05, 4.69) is 10.6 Å². The number of rotatable bonds is 7. The molecule has 1 aliphatic rings. The molecule has 0 bridgehead atoms. The number of benzene rings is 1. The van der Waals surface area contributed by atoms with Crippen LogP contribution in [-0.4, -0.2) is 54.0 Å². The fourth-order valence-electron chi connectivity index (χ4n) is 2.89. The molecule has 2 heterocycles. The highest BCUT2D eigenvalue weighted by Gasteiger charge is 2.33. The number of hydrogen-bond acceptors (Lipinski definition) is 6. The maximum absolute atomic E-state index is 12.7. The first-order chi connectivity index (χ1) is 14.0. The van der Waals surface area contributed by atoms with Gasteiger partial charge in [-0.1, -0.05) is 30.3 Å². The average Bonchev–Trinajstić information content (AvgIpc) is 3.39. The zero-order valence-corrected chi connectivity index (χ0v) is 15.8. The molecule has 0 aliphatic carbocycles. The molecule has 2 aromatic rings. The molecule has 1 aromatic heterocycles. The lowest BCUT2D eigenvalue weighted by molar-refractivity contribution is -0.159. The normalized spacial score (nSPS) is 15.3. The summed E-state index contributed by atoms with van der Waals surface area (Å²) >= 11 is 0.